The van der Waals surface area contributed by atoms with E-state index in [1.807, 2.05) is 0 Å². The monoisotopic (exact) mass is 331 g/mol. The van der Waals surface area contributed by atoms with Gasteiger partial charge in [-0.05, 0) is 70.6 Å². The predicted octanol–water partition coefficient (Wildman–Crippen LogP) is 3.69. The lowest BCUT2D eigenvalue weighted by molar-refractivity contribution is -0.149. The number of amides is 1. The number of aliphatic carboxylic acids is 1. The third kappa shape index (κ3) is 3.15. The first-order valence-corrected chi connectivity index (χ1v) is 9.36. The number of carboxylic acid groups (broad SMARTS) is 1. The lowest BCUT2D eigenvalue weighted by atomic mass is 9.78. The van der Waals surface area contributed by atoms with E-state index in [-0.39, 0.29) is 23.7 Å². The SMILES string of the molecule is CC(C)=C1[C@@H]2CC[C@@H]1[C@@H](C(=O)NCCC1=CCCCC1)[C@@H]2C(=O)O. The topological polar surface area (TPSA) is 66.4 Å². The molecule has 0 aromatic heterocycles. The van der Waals surface area contributed by atoms with E-state index < -0.39 is 11.9 Å². The summed E-state index contributed by atoms with van der Waals surface area (Å²) in [5.41, 5.74) is 3.89. The number of hydrogen-bond acceptors (Lipinski definition) is 2. The zero-order chi connectivity index (χ0) is 17.3. The largest absolute Gasteiger partial charge is 0.481 e. The van der Waals surface area contributed by atoms with Crippen LogP contribution >= 0.6 is 0 Å². The Morgan fingerprint density at radius 3 is 2.46 bits per heavy atom. The van der Waals surface area contributed by atoms with Gasteiger partial charge in [0, 0.05) is 6.54 Å². The van der Waals surface area contributed by atoms with Crippen LogP contribution in [0.1, 0.15) is 58.8 Å². The van der Waals surface area contributed by atoms with Gasteiger partial charge in [0.2, 0.25) is 5.91 Å². The molecule has 24 heavy (non-hydrogen) atoms. The van der Waals surface area contributed by atoms with Crippen LogP contribution in [-0.2, 0) is 9.59 Å². The zero-order valence-electron chi connectivity index (χ0n) is 14.8. The Kier molecular flexibility index (Phi) is 5.12. The first-order valence-electron chi connectivity index (χ1n) is 9.36. The van der Waals surface area contributed by atoms with Gasteiger partial charge in [-0.2, -0.15) is 0 Å². The van der Waals surface area contributed by atoms with E-state index in [1.54, 1.807) is 0 Å². The maximum absolute atomic E-state index is 12.7. The Labute approximate surface area is 144 Å². The van der Waals surface area contributed by atoms with Gasteiger partial charge in [0.15, 0.2) is 0 Å². The molecule has 0 unspecified atom stereocenters. The molecule has 2 fully saturated rings. The summed E-state index contributed by atoms with van der Waals surface area (Å²) >= 11 is 0. The van der Waals surface area contributed by atoms with Gasteiger partial charge in [-0.3, -0.25) is 9.59 Å². The van der Waals surface area contributed by atoms with Crippen molar-refractivity contribution in [3.63, 3.8) is 0 Å². The molecule has 2 bridgehead atoms. The highest BCUT2D eigenvalue weighted by molar-refractivity contribution is 5.87. The highest BCUT2D eigenvalue weighted by Gasteiger charge is 2.57. The number of allylic oxidation sites excluding steroid dienone is 3. The number of carbonyl (C=O) groups excluding carboxylic acids is 1. The molecule has 2 saturated carbocycles. The van der Waals surface area contributed by atoms with Crippen LogP contribution < -0.4 is 5.32 Å². The van der Waals surface area contributed by atoms with Crippen molar-refractivity contribution in [2.75, 3.05) is 6.54 Å². The fourth-order valence-electron chi connectivity index (χ4n) is 5.20. The Morgan fingerprint density at radius 1 is 1.17 bits per heavy atom. The minimum absolute atomic E-state index is 0.0511. The van der Waals surface area contributed by atoms with Crippen molar-refractivity contribution >= 4 is 11.9 Å². The summed E-state index contributed by atoms with van der Waals surface area (Å²) in [5.74, 6) is -1.58. The van der Waals surface area contributed by atoms with Crippen LogP contribution in [0.15, 0.2) is 22.8 Å². The number of carboxylic acids is 1. The van der Waals surface area contributed by atoms with Crippen molar-refractivity contribution in [1.29, 1.82) is 0 Å². The lowest BCUT2D eigenvalue weighted by Gasteiger charge is -2.26. The fourth-order valence-corrected chi connectivity index (χ4v) is 5.20. The summed E-state index contributed by atoms with van der Waals surface area (Å²) in [5, 5.41) is 12.7. The van der Waals surface area contributed by atoms with E-state index in [4.69, 9.17) is 0 Å². The molecule has 0 aliphatic heterocycles. The highest BCUT2D eigenvalue weighted by atomic mass is 16.4. The molecule has 0 aromatic rings. The van der Waals surface area contributed by atoms with Crippen LogP contribution in [-0.4, -0.2) is 23.5 Å². The second-order valence-electron chi connectivity index (χ2n) is 7.78. The van der Waals surface area contributed by atoms with Gasteiger partial charge < -0.3 is 10.4 Å². The maximum atomic E-state index is 12.7. The van der Waals surface area contributed by atoms with Crippen LogP contribution in [0.3, 0.4) is 0 Å². The van der Waals surface area contributed by atoms with E-state index in [0.29, 0.717) is 6.54 Å². The van der Waals surface area contributed by atoms with Crippen LogP contribution in [0.4, 0.5) is 0 Å². The van der Waals surface area contributed by atoms with Gasteiger partial charge in [0.1, 0.15) is 0 Å². The lowest BCUT2D eigenvalue weighted by Crippen LogP contribution is -2.41. The third-order valence-electron chi connectivity index (χ3n) is 6.14. The molecule has 0 aromatic carbocycles. The summed E-state index contributed by atoms with van der Waals surface area (Å²) in [6, 6.07) is 0. The van der Waals surface area contributed by atoms with Crippen molar-refractivity contribution in [1.82, 2.24) is 5.32 Å². The van der Waals surface area contributed by atoms with Gasteiger partial charge in [-0.15, -0.1) is 0 Å². The number of carbonyl (C=O) groups is 2. The molecule has 4 nitrogen and oxygen atoms in total. The fraction of sp³-hybridized carbons (Fsp3) is 0.700. The van der Waals surface area contributed by atoms with E-state index in [1.165, 1.54) is 29.6 Å². The van der Waals surface area contributed by atoms with Gasteiger partial charge in [-0.25, -0.2) is 0 Å². The molecular formula is C20H29NO3. The quantitative estimate of drug-likeness (QED) is 0.755. The molecule has 3 rings (SSSR count). The minimum atomic E-state index is -0.809. The minimum Gasteiger partial charge on any atom is -0.481 e. The number of nitrogens with one attached hydrogen (secondary N) is 1. The van der Waals surface area contributed by atoms with Crippen LogP contribution in [0, 0.1) is 23.7 Å². The number of rotatable bonds is 5. The molecule has 3 aliphatic rings. The average Bonchev–Trinajstić information content (AvgIpc) is 3.11. The normalized spacial score (nSPS) is 31.8. The Bertz CT molecular complexity index is 586. The highest BCUT2D eigenvalue weighted by Crippen LogP contribution is 2.57. The average molecular weight is 331 g/mol. The standard InChI is InChI=1S/C20H29NO3/c1-12(2)16-14-8-9-15(16)18(20(23)24)17(14)19(22)21-11-10-13-6-4-3-5-7-13/h6,14-15,17-18H,3-5,7-11H2,1-2H3,(H,21,22)(H,23,24)/t14-,15-,17+,18+/m0/s1. The van der Waals surface area contributed by atoms with Gasteiger partial charge in [0.05, 0.1) is 11.8 Å². The Hall–Kier alpha value is -1.58. The van der Waals surface area contributed by atoms with Crippen LogP contribution in [0.25, 0.3) is 0 Å². The second kappa shape index (κ2) is 7.12. The van der Waals surface area contributed by atoms with Crippen LogP contribution in [0.2, 0.25) is 0 Å². The molecule has 2 N–H and O–H groups in total. The summed E-state index contributed by atoms with van der Waals surface area (Å²) < 4.78 is 0. The van der Waals surface area contributed by atoms with Gasteiger partial charge in [-0.1, -0.05) is 22.8 Å². The number of hydrogen-bond donors (Lipinski definition) is 2. The van der Waals surface area contributed by atoms with E-state index in [2.05, 4.69) is 25.2 Å². The smallest absolute Gasteiger partial charge is 0.307 e. The summed E-state index contributed by atoms with van der Waals surface area (Å²) in [6.07, 6.45) is 9.89. The van der Waals surface area contributed by atoms with Crippen molar-refractivity contribution in [2.45, 2.75) is 58.8 Å². The van der Waals surface area contributed by atoms with Crippen molar-refractivity contribution in [3.05, 3.63) is 22.8 Å². The second-order valence-corrected chi connectivity index (χ2v) is 7.78. The van der Waals surface area contributed by atoms with E-state index >= 15 is 0 Å². The molecule has 4 heteroatoms. The molecular weight excluding hydrogens is 302 g/mol. The molecule has 0 saturated heterocycles. The predicted molar refractivity (Wildman–Crippen MR) is 93.4 cm³/mol. The van der Waals surface area contributed by atoms with Gasteiger partial charge >= 0.3 is 5.97 Å². The molecule has 4 atom stereocenters. The maximum Gasteiger partial charge on any atom is 0.307 e. The van der Waals surface area contributed by atoms with Crippen molar-refractivity contribution in [2.24, 2.45) is 23.7 Å². The Balaban J connectivity index is 1.66. The first kappa shape index (κ1) is 17.2. The Morgan fingerprint density at radius 2 is 1.88 bits per heavy atom. The number of fused-ring (bicyclic) bond motifs is 2. The molecule has 0 radical (unpaired) electrons. The van der Waals surface area contributed by atoms with E-state index in [9.17, 15) is 14.7 Å². The summed E-state index contributed by atoms with van der Waals surface area (Å²) in [7, 11) is 0. The molecule has 1 amide bonds. The summed E-state index contributed by atoms with van der Waals surface area (Å²) in [6.45, 7) is 4.74. The van der Waals surface area contributed by atoms with Crippen molar-refractivity contribution < 1.29 is 14.7 Å². The molecule has 0 heterocycles. The van der Waals surface area contributed by atoms with Crippen LogP contribution in [0.5, 0.6) is 0 Å². The zero-order valence-corrected chi connectivity index (χ0v) is 14.8. The molecule has 0 spiro atoms. The molecule has 132 valence electrons. The summed E-state index contributed by atoms with van der Waals surface area (Å²) in [4.78, 5) is 24.5. The van der Waals surface area contributed by atoms with E-state index in [0.717, 1.165) is 32.1 Å². The third-order valence-corrected chi connectivity index (χ3v) is 6.14. The first-order chi connectivity index (χ1) is 11.5. The van der Waals surface area contributed by atoms with Gasteiger partial charge in [0.25, 0.3) is 0 Å². The molecule has 3 aliphatic carbocycles. The van der Waals surface area contributed by atoms with Crippen molar-refractivity contribution in [3.8, 4) is 0 Å².